The standard InChI is InChI=1S/C13H14ClNO3/c14-10-5-3-9(4-6-13(17)18)8-11(10)15-7-1-2-12(15)16/h3,5,8H,1-2,4,6-7H2,(H,17,18). The summed E-state index contributed by atoms with van der Waals surface area (Å²) in [6.45, 7) is 0.681. The highest BCUT2D eigenvalue weighted by Gasteiger charge is 2.23. The molecule has 18 heavy (non-hydrogen) atoms. The zero-order valence-electron chi connectivity index (χ0n) is 9.86. The molecular formula is C13H14ClNO3. The number of aliphatic carboxylic acids is 1. The first-order valence-electron chi connectivity index (χ1n) is 5.88. The molecule has 4 nitrogen and oxygen atoms in total. The molecule has 5 heteroatoms. The number of halogens is 1. The third-order valence-electron chi connectivity index (χ3n) is 3.00. The van der Waals surface area contributed by atoms with Crippen LogP contribution in [-0.2, 0) is 16.0 Å². The van der Waals surface area contributed by atoms with Gasteiger partial charge in [0, 0.05) is 19.4 Å². The summed E-state index contributed by atoms with van der Waals surface area (Å²) in [6, 6.07) is 5.34. The monoisotopic (exact) mass is 267 g/mol. The summed E-state index contributed by atoms with van der Waals surface area (Å²) in [5.74, 6) is -0.754. The van der Waals surface area contributed by atoms with Crippen LogP contribution in [0.1, 0.15) is 24.8 Å². The molecule has 1 fully saturated rings. The number of hydrogen-bond donors (Lipinski definition) is 1. The highest BCUT2D eigenvalue weighted by atomic mass is 35.5. The third kappa shape index (κ3) is 2.82. The largest absolute Gasteiger partial charge is 0.481 e. The van der Waals surface area contributed by atoms with E-state index >= 15 is 0 Å². The molecule has 0 saturated carbocycles. The number of nitrogens with zero attached hydrogens (tertiary/aromatic N) is 1. The van der Waals surface area contributed by atoms with Gasteiger partial charge in [-0.15, -0.1) is 0 Å². The van der Waals surface area contributed by atoms with Gasteiger partial charge in [0.05, 0.1) is 10.7 Å². The molecule has 0 radical (unpaired) electrons. The summed E-state index contributed by atoms with van der Waals surface area (Å²) in [6.07, 6.45) is 1.92. The van der Waals surface area contributed by atoms with Crippen LogP contribution < -0.4 is 4.90 Å². The molecule has 0 aliphatic carbocycles. The highest BCUT2D eigenvalue weighted by Crippen LogP contribution is 2.30. The van der Waals surface area contributed by atoms with E-state index in [-0.39, 0.29) is 12.3 Å². The number of carboxylic acid groups (broad SMARTS) is 1. The SMILES string of the molecule is O=C(O)CCc1ccc(Cl)c(N2CCCC2=O)c1. The number of benzene rings is 1. The van der Waals surface area contributed by atoms with Crippen LogP contribution in [0.2, 0.25) is 5.02 Å². The number of aryl methyl sites for hydroxylation is 1. The number of anilines is 1. The quantitative estimate of drug-likeness (QED) is 0.912. The van der Waals surface area contributed by atoms with Crippen LogP contribution in [0.5, 0.6) is 0 Å². The maximum absolute atomic E-state index is 11.7. The summed E-state index contributed by atoms with van der Waals surface area (Å²) in [5, 5.41) is 9.19. The molecule has 96 valence electrons. The van der Waals surface area contributed by atoms with Crippen LogP contribution in [0.3, 0.4) is 0 Å². The Balaban J connectivity index is 2.21. The van der Waals surface area contributed by atoms with Crippen molar-refractivity contribution < 1.29 is 14.7 Å². The second-order valence-electron chi connectivity index (χ2n) is 4.33. The van der Waals surface area contributed by atoms with Crippen molar-refractivity contribution in [2.24, 2.45) is 0 Å². The normalized spacial score (nSPS) is 15.2. The predicted molar refractivity (Wildman–Crippen MR) is 69.0 cm³/mol. The highest BCUT2D eigenvalue weighted by molar-refractivity contribution is 6.33. The van der Waals surface area contributed by atoms with Crippen LogP contribution in [0.15, 0.2) is 18.2 Å². The van der Waals surface area contributed by atoms with E-state index in [4.69, 9.17) is 16.7 Å². The molecule has 0 spiro atoms. The second kappa shape index (κ2) is 5.40. The Hall–Kier alpha value is -1.55. The molecule has 2 rings (SSSR count). The Kier molecular flexibility index (Phi) is 3.87. The molecule has 0 aromatic heterocycles. The van der Waals surface area contributed by atoms with Gasteiger partial charge in [0.15, 0.2) is 0 Å². The number of carboxylic acids is 1. The summed E-state index contributed by atoms with van der Waals surface area (Å²) in [4.78, 5) is 23.9. The maximum Gasteiger partial charge on any atom is 0.303 e. The Morgan fingerprint density at radius 2 is 2.22 bits per heavy atom. The number of amides is 1. The van der Waals surface area contributed by atoms with E-state index in [1.54, 1.807) is 17.0 Å². The van der Waals surface area contributed by atoms with Crippen LogP contribution in [0.4, 0.5) is 5.69 Å². The summed E-state index contributed by atoms with van der Waals surface area (Å²) < 4.78 is 0. The first-order chi connectivity index (χ1) is 8.58. The molecule has 1 aliphatic heterocycles. The van der Waals surface area contributed by atoms with E-state index in [9.17, 15) is 9.59 Å². The van der Waals surface area contributed by atoms with Crippen molar-refractivity contribution in [3.05, 3.63) is 28.8 Å². The average Bonchev–Trinajstić information content (AvgIpc) is 2.74. The van der Waals surface area contributed by atoms with Crippen LogP contribution in [-0.4, -0.2) is 23.5 Å². The van der Waals surface area contributed by atoms with Crippen LogP contribution in [0, 0.1) is 0 Å². The minimum atomic E-state index is -0.830. The lowest BCUT2D eigenvalue weighted by atomic mass is 10.1. The van der Waals surface area contributed by atoms with Crippen molar-refractivity contribution >= 4 is 29.2 Å². The van der Waals surface area contributed by atoms with E-state index in [2.05, 4.69) is 0 Å². The van der Waals surface area contributed by atoms with Gasteiger partial charge in [-0.3, -0.25) is 9.59 Å². The maximum atomic E-state index is 11.7. The molecule has 1 aromatic carbocycles. The van der Waals surface area contributed by atoms with Gasteiger partial charge in [-0.2, -0.15) is 0 Å². The van der Waals surface area contributed by atoms with Crippen molar-refractivity contribution in [1.82, 2.24) is 0 Å². The van der Waals surface area contributed by atoms with Crippen molar-refractivity contribution in [3.63, 3.8) is 0 Å². The van der Waals surface area contributed by atoms with Crippen molar-refractivity contribution in [3.8, 4) is 0 Å². The molecule has 0 atom stereocenters. The molecule has 1 heterocycles. The van der Waals surface area contributed by atoms with Gasteiger partial charge in [-0.1, -0.05) is 17.7 Å². The number of rotatable bonds is 4. The van der Waals surface area contributed by atoms with Crippen LogP contribution in [0.25, 0.3) is 0 Å². The van der Waals surface area contributed by atoms with Gasteiger partial charge in [0.1, 0.15) is 0 Å². The van der Waals surface area contributed by atoms with Crippen molar-refractivity contribution in [1.29, 1.82) is 0 Å². The van der Waals surface area contributed by atoms with Gasteiger partial charge in [-0.25, -0.2) is 0 Å². The van der Waals surface area contributed by atoms with Gasteiger partial charge in [0.25, 0.3) is 0 Å². The van der Waals surface area contributed by atoms with Crippen molar-refractivity contribution in [2.75, 3.05) is 11.4 Å². The zero-order valence-corrected chi connectivity index (χ0v) is 10.6. The minimum Gasteiger partial charge on any atom is -0.481 e. The van der Waals surface area contributed by atoms with Crippen LogP contribution >= 0.6 is 11.6 Å². The Morgan fingerprint density at radius 1 is 1.44 bits per heavy atom. The molecule has 1 aromatic rings. The fourth-order valence-corrected chi connectivity index (χ4v) is 2.29. The van der Waals surface area contributed by atoms with E-state index in [1.165, 1.54) is 0 Å². The lowest BCUT2D eigenvalue weighted by Crippen LogP contribution is -2.24. The molecule has 1 aliphatic rings. The molecule has 0 bridgehead atoms. The summed E-state index contributed by atoms with van der Waals surface area (Å²) in [5.41, 5.74) is 1.58. The summed E-state index contributed by atoms with van der Waals surface area (Å²) in [7, 11) is 0. The fourth-order valence-electron chi connectivity index (χ4n) is 2.07. The first-order valence-corrected chi connectivity index (χ1v) is 6.26. The number of carbonyl (C=O) groups excluding carboxylic acids is 1. The molecular weight excluding hydrogens is 254 g/mol. The molecule has 1 amide bonds. The first kappa shape index (κ1) is 12.9. The Morgan fingerprint density at radius 3 is 2.83 bits per heavy atom. The lowest BCUT2D eigenvalue weighted by molar-refractivity contribution is -0.137. The predicted octanol–water partition coefficient (Wildman–Crippen LogP) is 2.48. The van der Waals surface area contributed by atoms with E-state index in [1.807, 2.05) is 6.07 Å². The van der Waals surface area contributed by atoms with Crippen molar-refractivity contribution in [2.45, 2.75) is 25.7 Å². The Labute approximate surface area is 110 Å². The Bertz CT molecular complexity index is 487. The molecule has 1 saturated heterocycles. The van der Waals surface area contributed by atoms with Gasteiger partial charge in [-0.05, 0) is 30.5 Å². The molecule has 0 unspecified atom stereocenters. The topological polar surface area (TPSA) is 57.6 Å². The van der Waals surface area contributed by atoms with Gasteiger partial charge < -0.3 is 10.0 Å². The fraction of sp³-hybridized carbons (Fsp3) is 0.385. The van der Waals surface area contributed by atoms with E-state index < -0.39 is 5.97 Å². The van der Waals surface area contributed by atoms with E-state index in [0.717, 1.165) is 12.0 Å². The van der Waals surface area contributed by atoms with Gasteiger partial charge >= 0.3 is 5.97 Å². The minimum absolute atomic E-state index is 0.0762. The third-order valence-corrected chi connectivity index (χ3v) is 3.32. The number of hydrogen-bond acceptors (Lipinski definition) is 2. The second-order valence-corrected chi connectivity index (χ2v) is 4.74. The zero-order chi connectivity index (χ0) is 13.1. The van der Waals surface area contributed by atoms with E-state index in [0.29, 0.717) is 30.1 Å². The molecule has 1 N–H and O–H groups in total. The van der Waals surface area contributed by atoms with Gasteiger partial charge in [0.2, 0.25) is 5.91 Å². The lowest BCUT2D eigenvalue weighted by Gasteiger charge is -2.18. The average molecular weight is 268 g/mol. The smallest absolute Gasteiger partial charge is 0.303 e. The number of carbonyl (C=O) groups is 2. The summed E-state index contributed by atoms with van der Waals surface area (Å²) >= 11 is 6.09.